The molecule has 0 unspecified atom stereocenters. The van der Waals surface area contributed by atoms with Crippen molar-refractivity contribution in [3.05, 3.63) is 76.1 Å². The molecule has 2 aromatic carbocycles. The van der Waals surface area contributed by atoms with Gasteiger partial charge >= 0.3 is 6.18 Å². The Morgan fingerprint density at radius 1 is 0.968 bits per heavy atom. The maximum atomic E-state index is 13.3. The third-order valence-electron chi connectivity index (χ3n) is 4.86. The molecule has 0 bridgehead atoms. The highest BCUT2D eigenvalue weighted by atomic mass is 35.5. The number of aromatic nitrogens is 1. The third-order valence-corrected chi connectivity index (χ3v) is 5.17. The maximum Gasteiger partial charge on any atom is 0.417 e. The number of carbonyl (C=O) groups excluding carboxylic acids is 1. The molecule has 4 rings (SSSR count). The summed E-state index contributed by atoms with van der Waals surface area (Å²) in [4.78, 5) is 21.2. The highest BCUT2D eigenvalue weighted by molar-refractivity contribution is 6.32. The fourth-order valence-electron chi connectivity index (χ4n) is 3.55. The molecule has 158 valence electrons. The predicted molar refractivity (Wildman–Crippen MR) is 115 cm³/mol. The summed E-state index contributed by atoms with van der Waals surface area (Å²) in [6.45, 7) is 3.81. The number of aryl methyl sites for hydroxylation is 2. The van der Waals surface area contributed by atoms with Gasteiger partial charge in [-0.05, 0) is 60.9 Å². The Kier molecular flexibility index (Phi) is 5.31. The second kappa shape index (κ2) is 7.81. The van der Waals surface area contributed by atoms with Crippen molar-refractivity contribution in [2.24, 2.45) is 4.99 Å². The van der Waals surface area contributed by atoms with E-state index in [1.165, 1.54) is 0 Å². The van der Waals surface area contributed by atoms with Crippen molar-refractivity contribution in [2.45, 2.75) is 26.4 Å². The smallest absolute Gasteiger partial charge is 0.324 e. The normalized spacial score (nSPS) is 13.9. The van der Waals surface area contributed by atoms with Crippen molar-refractivity contribution in [3.63, 3.8) is 0 Å². The molecule has 1 aliphatic rings. The van der Waals surface area contributed by atoms with Gasteiger partial charge in [0.05, 0.1) is 34.1 Å². The summed E-state index contributed by atoms with van der Waals surface area (Å²) in [6, 6.07) is 13.2. The summed E-state index contributed by atoms with van der Waals surface area (Å²) in [5, 5.41) is 2.10. The van der Waals surface area contributed by atoms with E-state index in [2.05, 4.69) is 15.3 Å². The number of amides is 1. The van der Waals surface area contributed by atoms with Crippen molar-refractivity contribution in [2.75, 3.05) is 5.32 Å². The number of fused-ring (bicyclic) bond motifs is 1. The summed E-state index contributed by atoms with van der Waals surface area (Å²) < 4.78 is 39.9. The van der Waals surface area contributed by atoms with Crippen LogP contribution in [0.2, 0.25) is 5.02 Å². The van der Waals surface area contributed by atoms with Gasteiger partial charge in [-0.1, -0.05) is 29.8 Å². The summed E-state index contributed by atoms with van der Waals surface area (Å²) >= 11 is 5.79. The first-order valence-corrected chi connectivity index (χ1v) is 9.82. The molecular weight excluding hydrogens is 427 g/mol. The lowest BCUT2D eigenvalue weighted by molar-refractivity contribution is -0.137. The molecule has 0 atom stereocenters. The summed E-state index contributed by atoms with van der Waals surface area (Å²) in [7, 11) is 0. The van der Waals surface area contributed by atoms with E-state index in [4.69, 9.17) is 11.6 Å². The average Bonchev–Trinajstić information content (AvgIpc) is 2.83. The van der Waals surface area contributed by atoms with Gasteiger partial charge in [-0.3, -0.25) is 14.8 Å². The number of carbonyl (C=O) groups is 1. The Bertz CT molecular complexity index is 1210. The summed E-state index contributed by atoms with van der Waals surface area (Å²) in [5.74, 6) is -0.380. The van der Waals surface area contributed by atoms with Crippen LogP contribution in [-0.4, -0.2) is 16.6 Å². The molecule has 0 saturated heterocycles. The van der Waals surface area contributed by atoms with Crippen molar-refractivity contribution in [1.82, 2.24) is 4.98 Å². The molecule has 0 spiro atoms. The van der Waals surface area contributed by atoms with Crippen molar-refractivity contribution in [1.29, 1.82) is 0 Å². The number of rotatable bonds is 2. The number of nitrogens with zero attached hydrogens (tertiary/aromatic N) is 2. The molecule has 1 amide bonds. The topological polar surface area (TPSA) is 54.4 Å². The Hall–Kier alpha value is -3.19. The zero-order valence-electron chi connectivity index (χ0n) is 16.6. The lowest BCUT2D eigenvalue weighted by atomic mass is 9.99. The number of nitrogens with one attached hydrogen (secondary N) is 1. The lowest BCUT2D eigenvalue weighted by Crippen LogP contribution is -2.15. The van der Waals surface area contributed by atoms with Gasteiger partial charge < -0.3 is 5.32 Å². The Morgan fingerprint density at radius 3 is 2.32 bits per heavy atom. The minimum Gasteiger partial charge on any atom is -0.324 e. The number of aliphatic imine (C=N–C) groups is 1. The number of benzene rings is 2. The van der Waals surface area contributed by atoms with Crippen molar-refractivity contribution < 1.29 is 18.0 Å². The fraction of sp³-hybridized carbons (Fsp3) is 0.174. The predicted octanol–water partition coefficient (Wildman–Crippen LogP) is 6.50. The zero-order valence-corrected chi connectivity index (χ0v) is 17.4. The van der Waals surface area contributed by atoms with E-state index in [0.29, 0.717) is 11.3 Å². The van der Waals surface area contributed by atoms with Crippen molar-refractivity contribution in [3.8, 4) is 11.1 Å². The SMILES string of the molecule is Cc1cc(-c2cccc(C3=Nc4cc(C(F)(F)F)c(Cl)cc4NC(=O)C3)c2)cc(C)n1. The Balaban J connectivity index is 1.82. The number of hydrogen-bond acceptors (Lipinski definition) is 3. The Morgan fingerprint density at radius 2 is 1.65 bits per heavy atom. The monoisotopic (exact) mass is 443 g/mol. The highest BCUT2D eigenvalue weighted by Crippen LogP contribution is 2.41. The quantitative estimate of drug-likeness (QED) is 0.491. The van der Waals surface area contributed by atoms with Crippen LogP contribution in [0.1, 0.15) is 28.9 Å². The first kappa shape index (κ1) is 21.1. The largest absolute Gasteiger partial charge is 0.417 e. The van der Waals surface area contributed by atoms with Crippen LogP contribution in [0.25, 0.3) is 11.1 Å². The average molecular weight is 444 g/mol. The van der Waals surface area contributed by atoms with Gasteiger partial charge in [-0.15, -0.1) is 0 Å². The molecule has 0 fully saturated rings. The van der Waals surface area contributed by atoms with Gasteiger partial charge in [0, 0.05) is 11.4 Å². The minimum atomic E-state index is -4.63. The second-order valence-electron chi connectivity index (χ2n) is 7.35. The molecule has 4 nitrogen and oxygen atoms in total. The van der Waals surface area contributed by atoms with Crippen LogP contribution in [0.4, 0.5) is 24.5 Å². The van der Waals surface area contributed by atoms with Crippen LogP contribution >= 0.6 is 11.6 Å². The van der Waals surface area contributed by atoms with E-state index >= 15 is 0 Å². The standard InChI is InChI=1S/C23H17ClF3N3O/c1-12-6-16(7-13(2)28-12)14-4-3-5-15(8-14)19-11-22(31)30-21-10-18(24)17(23(25,26)27)9-20(21)29-19/h3-10H,11H2,1-2H3,(H,30,31). The van der Waals surface area contributed by atoms with Crippen LogP contribution in [0, 0.1) is 13.8 Å². The zero-order chi connectivity index (χ0) is 22.3. The van der Waals surface area contributed by atoms with E-state index < -0.39 is 16.8 Å². The van der Waals surface area contributed by atoms with Gasteiger partial charge in [0.1, 0.15) is 0 Å². The molecule has 1 aliphatic heterocycles. The number of alkyl halides is 3. The highest BCUT2D eigenvalue weighted by Gasteiger charge is 2.34. The van der Waals surface area contributed by atoms with Gasteiger partial charge in [0.2, 0.25) is 5.91 Å². The molecule has 0 saturated carbocycles. The lowest BCUT2D eigenvalue weighted by Gasteiger charge is -2.12. The van der Waals surface area contributed by atoms with Crippen LogP contribution in [-0.2, 0) is 11.0 Å². The molecule has 3 aromatic rings. The van der Waals surface area contributed by atoms with Crippen LogP contribution in [0.15, 0.2) is 53.5 Å². The maximum absolute atomic E-state index is 13.3. The summed E-state index contributed by atoms with van der Waals surface area (Å²) in [6.07, 6.45) is -4.71. The number of pyridine rings is 1. The summed E-state index contributed by atoms with van der Waals surface area (Å²) in [5.41, 5.74) is 3.78. The fourth-order valence-corrected chi connectivity index (χ4v) is 3.82. The van der Waals surface area contributed by atoms with Gasteiger partial charge in [0.15, 0.2) is 0 Å². The van der Waals surface area contributed by atoms with Crippen LogP contribution in [0.3, 0.4) is 0 Å². The van der Waals surface area contributed by atoms with E-state index in [-0.39, 0.29) is 23.7 Å². The molecule has 0 aliphatic carbocycles. The number of hydrogen-bond donors (Lipinski definition) is 1. The van der Waals surface area contributed by atoms with E-state index in [0.717, 1.165) is 34.6 Å². The van der Waals surface area contributed by atoms with Gasteiger partial charge in [-0.2, -0.15) is 13.2 Å². The minimum absolute atomic E-state index is 0.0126. The molecule has 8 heteroatoms. The van der Waals surface area contributed by atoms with Gasteiger partial charge in [-0.25, -0.2) is 0 Å². The van der Waals surface area contributed by atoms with Gasteiger partial charge in [0.25, 0.3) is 0 Å². The molecule has 1 N–H and O–H groups in total. The molecule has 31 heavy (non-hydrogen) atoms. The Labute approximate surface area is 181 Å². The second-order valence-corrected chi connectivity index (χ2v) is 7.76. The van der Waals surface area contributed by atoms with Crippen LogP contribution in [0.5, 0.6) is 0 Å². The van der Waals surface area contributed by atoms with E-state index in [1.54, 1.807) is 6.07 Å². The first-order valence-electron chi connectivity index (χ1n) is 9.44. The van der Waals surface area contributed by atoms with Crippen LogP contribution < -0.4 is 5.32 Å². The van der Waals surface area contributed by atoms with Crippen molar-refractivity contribution >= 4 is 34.6 Å². The molecule has 1 aromatic heterocycles. The van der Waals surface area contributed by atoms with E-state index in [9.17, 15) is 18.0 Å². The van der Waals surface area contributed by atoms with E-state index in [1.807, 2.05) is 44.2 Å². The third kappa shape index (κ3) is 4.46. The molecular formula is C23H17ClF3N3O. The number of halogens is 4. The number of anilines is 1. The molecule has 2 heterocycles. The molecule has 0 radical (unpaired) electrons. The first-order chi connectivity index (χ1) is 14.6.